The Morgan fingerprint density at radius 3 is 2.91 bits per heavy atom. The Labute approximate surface area is 138 Å². The summed E-state index contributed by atoms with van der Waals surface area (Å²) in [6, 6.07) is 12.3. The smallest absolute Gasteiger partial charge is 0.137 e. The van der Waals surface area contributed by atoms with Crippen LogP contribution in [0.4, 0.5) is 0 Å². The molecule has 0 spiro atoms. The number of nitrogens with zero attached hydrogens (tertiary/aromatic N) is 3. The van der Waals surface area contributed by atoms with Gasteiger partial charge < -0.3 is 4.74 Å². The maximum absolute atomic E-state index is 5.65. The van der Waals surface area contributed by atoms with Crippen LogP contribution in [0.3, 0.4) is 0 Å². The average Bonchev–Trinajstić information content (AvgIpc) is 3.03. The van der Waals surface area contributed by atoms with Gasteiger partial charge in [-0.25, -0.2) is 4.98 Å². The van der Waals surface area contributed by atoms with Crippen LogP contribution in [-0.2, 0) is 0 Å². The molecule has 3 aromatic heterocycles. The number of aromatic nitrogens is 3. The molecule has 23 heavy (non-hydrogen) atoms. The number of fused-ring (bicyclic) bond motifs is 2. The van der Waals surface area contributed by atoms with E-state index in [2.05, 4.69) is 32.7 Å². The van der Waals surface area contributed by atoms with Crippen LogP contribution in [0.2, 0.25) is 0 Å². The number of hydrogen-bond acceptors (Lipinski definition) is 4. The quantitative estimate of drug-likeness (QED) is 0.526. The zero-order valence-electron chi connectivity index (χ0n) is 12.6. The third-order valence-electron chi connectivity index (χ3n) is 3.76. The molecular formula is C18H15N3OS. The van der Waals surface area contributed by atoms with Crippen molar-refractivity contribution in [3.8, 4) is 11.6 Å². The lowest BCUT2D eigenvalue weighted by Gasteiger charge is -2.08. The SMILES string of the molecule is CSCOc1ccc2cc(-n3ccc4ccncc43)ncc2c1. The highest BCUT2D eigenvalue weighted by Gasteiger charge is 2.06. The number of thioether (sulfide) groups is 1. The van der Waals surface area contributed by atoms with Crippen molar-refractivity contribution in [1.82, 2.24) is 14.5 Å². The van der Waals surface area contributed by atoms with E-state index in [1.165, 1.54) is 0 Å². The van der Waals surface area contributed by atoms with Crippen molar-refractivity contribution in [2.45, 2.75) is 0 Å². The molecule has 0 fully saturated rings. The first-order valence-corrected chi connectivity index (χ1v) is 8.67. The zero-order valence-corrected chi connectivity index (χ0v) is 13.5. The second kappa shape index (κ2) is 5.93. The van der Waals surface area contributed by atoms with Gasteiger partial charge in [0.25, 0.3) is 0 Å². The van der Waals surface area contributed by atoms with Crippen LogP contribution in [0.5, 0.6) is 5.75 Å². The number of hydrogen-bond donors (Lipinski definition) is 0. The van der Waals surface area contributed by atoms with Gasteiger partial charge in [-0.15, -0.1) is 11.8 Å². The van der Waals surface area contributed by atoms with Crippen molar-refractivity contribution < 1.29 is 4.74 Å². The standard InChI is InChI=1S/C18H15N3OS/c1-23-12-22-16-3-2-14-9-18(20-10-15(14)8-16)21-7-5-13-4-6-19-11-17(13)21/h2-11H,12H2,1H3. The molecule has 4 nitrogen and oxygen atoms in total. The second-order valence-corrected chi connectivity index (χ2v) is 6.04. The molecule has 0 atom stereocenters. The largest absolute Gasteiger partial charge is 0.483 e. The summed E-state index contributed by atoms with van der Waals surface area (Å²) < 4.78 is 7.70. The van der Waals surface area contributed by atoms with E-state index in [1.54, 1.807) is 18.0 Å². The van der Waals surface area contributed by atoms with Crippen molar-refractivity contribution >= 4 is 33.4 Å². The molecule has 0 bridgehead atoms. The maximum atomic E-state index is 5.65. The fourth-order valence-corrected chi connectivity index (χ4v) is 2.88. The first-order valence-electron chi connectivity index (χ1n) is 7.28. The molecule has 0 N–H and O–H groups in total. The number of rotatable bonds is 4. The lowest BCUT2D eigenvalue weighted by Crippen LogP contribution is -1.96. The fraction of sp³-hybridized carbons (Fsp3) is 0.111. The molecule has 114 valence electrons. The van der Waals surface area contributed by atoms with E-state index >= 15 is 0 Å². The lowest BCUT2D eigenvalue weighted by molar-refractivity contribution is 0.394. The maximum Gasteiger partial charge on any atom is 0.137 e. The van der Waals surface area contributed by atoms with Gasteiger partial charge in [0.2, 0.25) is 0 Å². The molecule has 4 aromatic rings. The summed E-state index contributed by atoms with van der Waals surface area (Å²) in [7, 11) is 0. The molecule has 0 unspecified atom stereocenters. The Hall–Kier alpha value is -2.53. The monoisotopic (exact) mass is 321 g/mol. The van der Waals surface area contributed by atoms with Gasteiger partial charge in [0.15, 0.2) is 0 Å². The van der Waals surface area contributed by atoms with Crippen molar-refractivity contribution in [3.63, 3.8) is 0 Å². The lowest BCUT2D eigenvalue weighted by atomic mass is 10.1. The van der Waals surface area contributed by atoms with Gasteiger partial charge in [0.05, 0.1) is 11.7 Å². The van der Waals surface area contributed by atoms with E-state index in [0.29, 0.717) is 5.94 Å². The summed E-state index contributed by atoms with van der Waals surface area (Å²) in [6.07, 6.45) is 9.59. The van der Waals surface area contributed by atoms with Crippen LogP contribution < -0.4 is 4.74 Å². The first kappa shape index (κ1) is 14.1. The minimum Gasteiger partial charge on any atom is -0.483 e. The van der Waals surface area contributed by atoms with E-state index < -0.39 is 0 Å². The molecule has 0 saturated carbocycles. The van der Waals surface area contributed by atoms with E-state index in [9.17, 15) is 0 Å². The molecule has 3 heterocycles. The molecule has 1 aromatic carbocycles. The molecule has 4 rings (SSSR count). The van der Waals surface area contributed by atoms with Crippen LogP contribution >= 0.6 is 11.8 Å². The van der Waals surface area contributed by atoms with Crippen LogP contribution in [0.15, 0.2) is 61.2 Å². The van der Waals surface area contributed by atoms with Crippen molar-refractivity contribution in [2.75, 3.05) is 12.2 Å². The van der Waals surface area contributed by atoms with Crippen LogP contribution in [0.1, 0.15) is 0 Å². The third kappa shape index (κ3) is 2.64. The van der Waals surface area contributed by atoms with E-state index in [1.807, 2.05) is 43.0 Å². The summed E-state index contributed by atoms with van der Waals surface area (Å²) in [6.45, 7) is 0. The second-order valence-electron chi connectivity index (χ2n) is 5.22. The highest BCUT2D eigenvalue weighted by molar-refractivity contribution is 7.98. The Morgan fingerprint density at radius 1 is 1.04 bits per heavy atom. The minimum atomic E-state index is 0.652. The van der Waals surface area contributed by atoms with E-state index in [-0.39, 0.29) is 0 Å². The molecule has 0 aliphatic carbocycles. The van der Waals surface area contributed by atoms with Crippen molar-refractivity contribution in [2.24, 2.45) is 0 Å². The number of ether oxygens (including phenoxy) is 1. The number of pyridine rings is 2. The van der Waals surface area contributed by atoms with Crippen LogP contribution in [0, 0.1) is 0 Å². The topological polar surface area (TPSA) is 39.9 Å². The van der Waals surface area contributed by atoms with Gasteiger partial charge in [0.1, 0.15) is 17.5 Å². The minimum absolute atomic E-state index is 0.652. The molecule has 0 amide bonds. The summed E-state index contributed by atoms with van der Waals surface area (Å²) in [5.41, 5.74) is 1.05. The van der Waals surface area contributed by atoms with Crippen LogP contribution in [-0.4, -0.2) is 26.7 Å². The third-order valence-corrected chi connectivity index (χ3v) is 4.12. The van der Waals surface area contributed by atoms with E-state index in [4.69, 9.17) is 4.74 Å². The zero-order chi connectivity index (χ0) is 15.6. The summed E-state index contributed by atoms with van der Waals surface area (Å²) in [5, 5.41) is 3.36. The summed E-state index contributed by atoms with van der Waals surface area (Å²) in [5.74, 6) is 2.41. The predicted octanol–water partition coefficient (Wildman–Crippen LogP) is 4.27. The fourth-order valence-electron chi connectivity index (χ4n) is 2.63. The van der Waals surface area contributed by atoms with E-state index in [0.717, 1.165) is 33.2 Å². The molecule has 0 aliphatic rings. The predicted molar refractivity (Wildman–Crippen MR) is 95.4 cm³/mol. The van der Waals surface area contributed by atoms with Crippen molar-refractivity contribution in [3.05, 3.63) is 61.2 Å². The molecule has 0 saturated heterocycles. The van der Waals surface area contributed by atoms with Crippen molar-refractivity contribution in [1.29, 1.82) is 0 Å². The Morgan fingerprint density at radius 2 is 2.00 bits per heavy atom. The Kier molecular flexibility index (Phi) is 3.63. The Bertz CT molecular complexity index is 980. The van der Waals surface area contributed by atoms with Gasteiger partial charge in [-0.05, 0) is 42.0 Å². The highest BCUT2D eigenvalue weighted by atomic mass is 32.2. The average molecular weight is 321 g/mol. The summed E-state index contributed by atoms with van der Waals surface area (Å²) in [4.78, 5) is 8.80. The van der Waals surface area contributed by atoms with Gasteiger partial charge >= 0.3 is 0 Å². The molecule has 0 aliphatic heterocycles. The first-order chi connectivity index (χ1) is 11.3. The summed E-state index contributed by atoms with van der Waals surface area (Å²) >= 11 is 1.66. The normalized spacial score (nSPS) is 11.2. The van der Waals surface area contributed by atoms with Gasteiger partial charge in [-0.1, -0.05) is 6.07 Å². The molecule has 5 heteroatoms. The van der Waals surface area contributed by atoms with Gasteiger partial charge in [-0.2, -0.15) is 0 Å². The Balaban J connectivity index is 1.77. The molecule has 0 radical (unpaired) electrons. The highest BCUT2D eigenvalue weighted by Crippen LogP contribution is 2.24. The van der Waals surface area contributed by atoms with Crippen LogP contribution in [0.25, 0.3) is 27.5 Å². The van der Waals surface area contributed by atoms with Gasteiger partial charge in [0, 0.05) is 29.4 Å². The molecular weight excluding hydrogens is 306 g/mol. The number of benzene rings is 1. The van der Waals surface area contributed by atoms with Gasteiger partial charge in [-0.3, -0.25) is 9.55 Å².